The molecule has 0 aliphatic rings. The van der Waals surface area contributed by atoms with Gasteiger partial charge in [-0.2, -0.15) is 10.5 Å². The van der Waals surface area contributed by atoms with E-state index in [-0.39, 0.29) is 29.2 Å². The third-order valence-corrected chi connectivity index (χ3v) is 5.09. The van der Waals surface area contributed by atoms with Crippen molar-refractivity contribution < 1.29 is 28.2 Å². The molecule has 9 heteroatoms. The number of amides is 1. The van der Waals surface area contributed by atoms with E-state index in [0.29, 0.717) is 29.2 Å². The van der Waals surface area contributed by atoms with Crippen LogP contribution in [0.3, 0.4) is 0 Å². The van der Waals surface area contributed by atoms with Crippen LogP contribution < -0.4 is 19.5 Å². The molecule has 1 heterocycles. The number of hydrogen-bond acceptors (Lipinski definition) is 8. The van der Waals surface area contributed by atoms with Gasteiger partial charge in [0.15, 0.2) is 11.5 Å². The minimum atomic E-state index is -0.880. The van der Waals surface area contributed by atoms with Crippen molar-refractivity contribution in [2.75, 3.05) is 13.7 Å². The molecule has 0 fully saturated rings. The molecule has 0 radical (unpaired) electrons. The second kappa shape index (κ2) is 13.7. The molecule has 0 aliphatic heterocycles. The fourth-order valence-electron chi connectivity index (χ4n) is 3.24. The molecule has 1 amide bonds. The van der Waals surface area contributed by atoms with Gasteiger partial charge in [0.25, 0.3) is 5.91 Å². The Morgan fingerprint density at radius 1 is 0.974 bits per heavy atom. The van der Waals surface area contributed by atoms with Gasteiger partial charge in [-0.15, -0.1) is 0 Å². The Kier molecular flexibility index (Phi) is 9.86. The smallest absolute Gasteiger partial charge is 0.354 e. The summed E-state index contributed by atoms with van der Waals surface area (Å²) < 4.78 is 21.6. The Morgan fingerprint density at radius 2 is 1.76 bits per heavy atom. The molecule has 1 aromatic heterocycles. The Morgan fingerprint density at radius 3 is 2.45 bits per heavy atom. The highest BCUT2D eigenvalue weighted by Crippen LogP contribution is 2.30. The molecule has 2 aromatic carbocycles. The monoisotopic (exact) mass is 511 g/mol. The fraction of sp³-hybridized carbons (Fsp3) is 0.172. The molecule has 38 heavy (non-hydrogen) atoms. The summed E-state index contributed by atoms with van der Waals surface area (Å²) in [4.78, 5) is 25.2. The van der Waals surface area contributed by atoms with Crippen LogP contribution in [0.25, 0.3) is 12.2 Å². The molecule has 0 bridgehead atoms. The van der Waals surface area contributed by atoms with E-state index < -0.39 is 11.9 Å². The zero-order chi connectivity index (χ0) is 27.3. The Labute approximate surface area is 220 Å². The van der Waals surface area contributed by atoms with E-state index >= 15 is 0 Å². The number of nitrogens with one attached hydrogen (secondary N) is 1. The quantitative estimate of drug-likeness (QED) is 0.168. The minimum absolute atomic E-state index is 0.0621. The van der Waals surface area contributed by atoms with Crippen molar-refractivity contribution in [1.29, 1.82) is 10.5 Å². The highest BCUT2D eigenvalue weighted by atomic mass is 16.6. The van der Waals surface area contributed by atoms with Crippen LogP contribution in [0, 0.1) is 22.7 Å². The largest absolute Gasteiger partial charge is 0.493 e. The van der Waals surface area contributed by atoms with Crippen LogP contribution in [0.1, 0.15) is 30.2 Å². The van der Waals surface area contributed by atoms with Crippen molar-refractivity contribution in [3.05, 3.63) is 88.9 Å². The lowest BCUT2D eigenvalue weighted by Gasteiger charge is -2.11. The van der Waals surface area contributed by atoms with Gasteiger partial charge in [-0.25, -0.2) is 4.79 Å². The van der Waals surface area contributed by atoms with Gasteiger partial charge >= 0.3 is 5.97 Å². The molecule has 0 spiro atoms. The molecule has 192 valence electrons. The number of ether oxygens (including phenoxy) is 3. The minimum Gasteiger partial charge on any atom is -0.493 e. The first kappa shape index (κ1) is 27.3. The van der Waals surface area contributed by atoms with Crippen molar-refractivity contribution in [2.24, 2.45) is 0 Å². The molecule has 0 saturated heterocycles. The number of nitriles is 2. The van der Waals surface area contributed by atoms with Crippen molar-refractivity contribution in [1.82, 2.24) is 5.32 Å². The summed E-state index contributed by atoms with van der Waals surface area (Å²) in [6.45, 7) is 2.60. The number of nitrogens with zero attached hydrogens (tertiary/aromatic N) is 2. The first-order valence-corrected chi connectivity index (χ1v) is 11.6. The second-order valence-corrected chi connectivity index (χ2v) is 7.79. The van der Waals surface area contributed by atoms with Gasteiger partial charge in [0.2, 0.25) is 0 Å². The summed E-state index contributed by atoms with van der Waals surface area (Å²) in [7, 11) is 1.38. The molecule has 0 aliphatic carbocycles. The number of rotatable bonds is 11. The second-order valence-electron chi connectivity index (χ2n) is 7.79. The first-order valence-electron chi connectivity index (χ1n) is 11.6. The average Bonchev–Trinajstić information content (AvgIpc) is 3.47. The lowest BCUT2D eigenvalue weighted by Crippen LogP contribution is -2.23. The van der Waals surface area contributed by atoms with E-state index in [1.165, 1.54) is 37.7 Å². The van der Waals surface area contributed by atoms with Crippen LogP contribution in [0.5, 0.6) is 17.2 Å². The predicted octanol–water partition coefficient (Wildman–Crippen LogP) is 4.81. The normalized spacial score (nSPS) is 11.2. The van der Waals surface area contributed by atoms with Crippen LogP contribution in [0.4, 0.5) is 0 Å². The van der Waals surface area contributed by atoms with Crippen LogP contribution in [0.2, 0.25) is 0 Å². The Balaban J connectivity index is 1.77. The van der Waals surface area contributed by atoms with Crippen LogP contribution in [-0.4, -0.2) is 25.6 Å². The van der Waals surface area contributed by atoms with Gasteiger partial charge in [0, 0.05) is 5.56 Å². The van der Waals surface area contributed by atoms with Gasteiger partial charge < -0.3 is 23.9 Å². The molecule has 3 rings (SSSR count). The lowest BCUT2D eigenvalue weighted by atomic mass is 10.1. The van der Waals surface area contributed by atoms with E-state index in [4.69, 9.17) is 18.6 Å². The summed E-state index contributed by atoms with van der Waals surface area (Å²) in [6.07, 6.45) is 5.07. The van der Waals surface area contributed by atoms with Crippen LogP contribution in [-0.2, 0) is 16.1 Å². The van der Waals surface area contributed by atoms with E-state index in [9.17, 15) is 20.1 Å². The van der Waals surface area contributed by atoms with Crippen molar-refractivity contribution in [3.63, 3.8) is 0 Å². The summed E-state index contributed by atoms with van der Waals surface area (Å²) in [5, 5.41) is 21.6. The number of furan rings is 1. The van der Waals surface area contributed by atoms with Crippen molar-refractivity contribution >= 4 is 24.0 Å². The SMILES string of the molecule is CCCOc1ccccc1/C=C(\C#N)C(=O)Oc1ccc(/C=C(\C#N)C(=O)NCc2ccco2)cc1OC. The Bertz CT molecular complexity index is 1430. The molecule has 1 N–H and O–H groups in total. The molecule has 9 nitrogen and oxygen atoms in total. The van der Waals surface area contributed by atoms with Gasteiger partial charge in [-0.05, 0) is 54.5 Å². The van der Waals surface area contributed by atoms with Crippen molar-refractivity contribution in [3.8, 4) is 29.4 Å². The number of benzene rings is 2. The number of hydrogen-bond donors (Lipinski definition) is 1. The van der Waals surface area contributed by atoms with E-state index in [1.54, 1.807) is 42.5 Å². The van der Waals surface area contributed by atoms with Gasteiger partial charge in [-0.1, -0.05) is 31.2 Å². The summed E-state index contributed by atoms with van der Waals surface area (Å²) >= 11 is 0. The molecular weight excluding hydrogens is 486 g/mol. The topological polar surface area (TPSA) is 135 Å². The fourth-order valence-corrected chi connectivity index (χ4v) is 3.24. The van der Waals surface area contributed by atoms with Gasteiger partial charge in [0.05, 0.1) is 26.5 Å². The maximum Gasteiger partial charge on any atom is 0.354 e. The standard InChI is InChI=1S/C29H25N3O6/c1-3-12-37-25-9-5-4-7-21(25)16-23(18-31)29(34)38-26-11-10-20(15-27(26)35-2)14-22(17-30)28(33)32-19-24-8-6-13-36-24/h4-11,13-16H,3,12,19H2,1-2H3,(H,32,33)/b22-14+,23-16+. The third-order valence-electron chi connectivity index (χ3n) is 5.09. The van der Waals surface area contributed by atoms with Crippen LogP contribution >= 0.6 is 0 Å². The number of carbonyl (C=O) groups is 2. The summed E-state index contributed by atoms with van der Waals surface area (Å²) in [5.74, 6) is -0.132. The average molecular weight is 512 g/mol. The number of para-hydroxylation sites is 1. The highest BCUT2D eigenvalue weighted by Gasteiger charge is 2.17. The van der Waals surface area contributed by atoms with E-state index in [0.717, 1.165) is 6.42 Å². The highest BCUT2D eigenvalue weighted by molar-refractivity contribution is 6.02. The summed E-state index contributed by atoms with van der Waals surface area (Å²) in [5.41, 5.74) is 0.659. The number of carbonyl (C=O) groups excluding carboxylic acids is 2. The maximum absolute atomic E-state index is 12.8. The molecule has 0 saturated carbocycles. The molecule has 0 atom stereocenters. The summed E-state index contributed by atoms with van der Waals surface area (Å²) in [6, 6.07) is 18.7. The van der Waals surface area contributed by atoms with E-state index in [2.05, 4.69) is 5.32 Å². The lowest BCUT2D eigenvalue weighted by molar-refractivity contribution is -0.129. The first-order chi connectivity index (χ1) is 18.5. The number of methoxy groups -OCH3 is 1. The molecular formula is C29H25N3O6. The predicted molar refractivity (Wildman–Crippen MR) is 139 cm³/mol. The zero-order valence-electron chi connectivity index (χ0n) is 20.9. The van der Waals surface area contributed by atoms with Gasteiger partial charge in [0.1, 0.15) is 34.8 Å². The van der Waals surface area contributed by atoms with Crippen LogP contribution in [0.15, 0.2) is 76.4 Å². The Hall–Kier alpha value is -5.28. The van der Waals surface area contributed by atoms with Gasteiger partial charge in [-0.3, -0.25) is 4.79 Å². The molecule has 3 aromatic rings. The number of esters is 1. The maximum atomic E-state index is 12.8. The zero-order valence-corrected chi connectivity index (χ0v) is 20.9. The third kappa shape index (κ3) is 7.36. The molecule has 0 unspecified atom stereocenters. The van der Waals surface area contributed by atoms with Crippen molar-refractivity contribution in [2.45, 2.75) is 19.9 Å². The van der Waals surface area contributed by atoms with E-state index in [1.807, 2.05) is 19.1 Å².